The molecule has 1 aromatic carbocycles. The van der Waals surface area contributed by atoms with Crippen molar-refractivity contribution in [3.8, 4) is 5.75 Å². The number of benzene rings is 1. The van der Waals surface area contributed by atoms with Crippen LogP contribution in [-0.2, 0) is 6.42 Å². The van der Waals surface area contributed by atoms with Crippen LogP contribution in [0.5, 0.6) is 5.75 Å². The summed E-state index contributed by atoms with van der Waals surface area (Å²) in [6.45, 7) is 4.45. The van der Waals surface area contributed by atoms with E-state index in [1.807, 2.05) is 38.1 Å². The Bertz CT molecular complexity index is 671. The van der Waals surface area contributed by atoms with Crippen molar-refractivity contribution < 1.29 is 4.74 Å². The van der Waals surface area contributed by atoms with Gasteiger partial charge in [0, 0.05) is 17.7 Å². The highest BCUT2D eigenvalue weighted by atomic mass is 32.1. The standard InChI is InChI=1S/C14H16N2O2S/c1-3-18-11-6-4-10(5-7-11)8-12-9(2)15-14(19)16-13(12)17/h4-7H,3,8H2,1-2H3,(H2,15,16,17,19). The minimum atomic E-state index is -0.130. The van der Waals surface area contributed by atoms with E-state index in [2.05, 4.69) is 9.97 Å². The number of ether oxygens (including phenoxy) is 1. The Morgan fingerprint density at radius 3 is 2.47 bits per heavy atom. The predicted octanol–water partition coefficient (Wildman–Crippen LogP) is 2.73. The van der Waals surface area contributed by atoms with Gasteiger partial charge in [-0.2, -0.15) is 0 Å². The van der Waals surface area contributed by atoms with Crippen molar-refractivity contribution in [2.24, 2.45) is 0 Å². The maximum absolute atomic E-state index is 11.9. The summed E-state index contributed by atoms with van der Waals surface area (Å²) in [5, 5.41) is 0. The Hall–Kier alpha value is -1.88. The van der Waals surface area contributed by atoms with Crippen LogP contribution in [0.4, 0.5) is 0 Å². The van der Waals surface area contributed by atoms with Crippen LogP contribution >= 0.6 is 12.2 Å². The molecule has 0 aliphatic carbocycles. The molecular formula is C14H16N2O2S. The lowest BCUT2D eigenvalue weighted by molar-refractivity contribution is 0.340. The van der Waals surface area contributed by atoms with E-state index in [-0.39, 0.29) is 5.56 Å². The van der Waals surface area contributed by atoms with Gasteiger partial charge in [0.2, 0.25) is 0 Å². The van der Waals surface area contributed by atoms with Crippen LogP contribution in [0, 0.1) is 11.7 Å². The van der Waals surface area contributed by atoms with E-state index < -0.39 is 0 Å². The summed E-state index contributed by atoms with van der Waals surface area (Å²) in [5.41, 5.74) is 2.44. The van der Waals surface area contributed by atoms with Crippen molar-refractivity contribution in [3.05, 3.63) is 56.2 Å². The number of aryl methyl sites for hydroxylation is 1. The first kappa shape index (κ1) is 13.5. The second-order valence-corrected chi connectivity index (χ2v) is 4.67. The highest BCUT2D eigenvalue weighted by molar-refractivity contribution is 7.71. The summed E-state index contributed by atoms with van der Waals surface area (Å²) in [6, 6.07) is 7.75. The van der Waals surface area contributed by atoms with Gasteiger partial charge in [-0.3, -0.25) is 9.78 Å². The molecule has 0 bridgehead atoms. The molecule has 0 radical (unpaired) electrons. The maximum Gasteiger partial charge on any atom is 0.255 e. The molecule has 5 heteroatoms. The Morgan fingerprint density at radius 2 is 1.89 bits per heavy atom. The SMILES string of the molecule is CCOc1ccc(Cc2c(C)[nH]c(=S)[nH]c2=O)cc1. The molecule has 1 aromatic heterocycles. The van der Waals surface area contributed by atoms with Crippen LogP contribution < -0.4 is 10.3 Å². The molecule has 100 valence electrons. The van der Waals surface area contributed by atoms with E-state index in [4.69, 9.17) is 17.0 Å². The Kier molecular flexibility index (Phi) is 4.16. The van der Waals surface area contributed by atoms with Gasteiger partial charge in [0.05, 0.1) is 6.61 Å². The summed E-state index contributed by atoms with van der Waals surface area (Å²) in [4.78, 5) is 17.4. The van der Waals surface area contributed by atoms with Gasteiger partial charge in [-0.1, -0.05) is 12.1 Å². The molecule has 0 atom stereocenters. The third-order valence-electron chi connectivity index (χ3n) is 2.87. The van der Waals surface area contributed by atoms with E-state index in [1.54, 1.807) is 0 Å². The maximum atomic E-state index is 11.9. The van der Waals surface area contributed by atoms with E-state index in [1.165, 1.54) is 0 Å². The van der Waals surface area contributed by atoms with Crippen molar-refractivity contribution in [3.63, 3.8) is 0 Å². The van der Waals surface area contributed by atoms with Crippen molar-refractivity contribution in [2.75, 3.05) is 6.61 Å². The molecule has 0 saturated carbocycles. The molecule has 2 rings (SSSR count). The monoisotopic (exact) mass is 276 g/mol. The molecule has 0 fully saturated rings. The first-order valence-corrected chi connectivity index (χ1v) is 6.54. The summed E-state index contributed by atoms with van der Waals surface area (Å²) >= 11 is 4.93. The molecular weight excluding hydrogens is 260 g/mol. The van der Waals surface area contributed by atoms with Crippen LogP contribution in [0.1, 0.15) is 23.7 Å². The third-order valence-corrected chi connectivity index (χ3v) is 3.07. The van der Waals surface area contributed by atoms with Crippen molar-refractivity contribution in [2.45, 2.75) is 20.3 Å². The third kappa shape index (κ3) is 3.32. The smallest absolute Gasteiger partial charge is 0.255 e. The van der Waals surface area contributed by atoms with Gasteiger partial charge >= 0.3 is 0 Å². The largest absolute Gasteiger partial charge is 0.494 e. The number of rotatable bonds is 4. The quantitative estimate of drug-likeness (QED) is 0.844. The van der Waals surface area contributed by atoms with E-state index in [9.17, 15) is 4.79 Å². The van der Waals surface area contributed by atoms with Gasteiger partial charge in [-0.15, -0.1) is 0 Å². The van der Waals surface area contributed by atoms with Gasteiger partial charge in [0.1, 0.15) is 5.75 Å². The number of aromatic amines is 2. The molecule has 0 amide bonds. The highest BCUT2D eigenvalue weighted by Crippen LogP contribution is 2.14. The molecule has 0 spiro atoms. The molecule has 2 aromatic rings. The summed E-state index contributed by atoms with van der Waals surface area (Å²) in [6.07, 6.45) is 0.569. The summed E-state index contributed by atoms with van der Waals surface area (Å²) < 4.78 is 5.75. The number of H-pyrrole nitrogens is 2. The second kappa shape index (κ2) is 5.84. The van der Waals surface area contributed by atoms with E-state index in [0.717, 1.165) is 17.0 Å². The summed E-state index contributed by atoms with van der Waals surface area (Å²) in [7, 11) is 0. The lowest BCUT2D eigenvalue weighted by Gasteiger charge is -2.06. The van der Waals surface area contributed by atoms with Crippen LogP contribution in [0.25, 0.3) is 0 Å². The number of aromatic nitrogens is 2. The van der Waals surface area contributed by atoms with Crippen molar-refractivity contribution >= 4 is 12.2 Å². The first-order chi connectivity index (χ1) is 9.10. The normalized spacial score (nSPS) is 10.4. The number of hydrogen-bond acceptors (Lipinski definition) is 3. The molecule has 1 heterocycles. The molecule has 2 N–H and O–H groups in total. The zero-order valence-corrected chi connectivity index (χ0v) is 11.8. The van der Waals surface area contributed by atoms with Gasteiger partial charge in [-0.05, 0) is 43.8 Å². The minimum absolute atomic E-state index is 0.130. The Morgan fingerprint density at radius 1 is 1.21 bits per heavy atom. The number of hydrogen-bond donors (Lipinski definition) is 2. The zero-order valence-electron chi connectivity index (χ0n) is 10.9. The van der Waals surface area contributed by atoms with E-state index >= 15 is 0 Å². The first-order valence-electron chi connectivity index (χ1n) is 6.14. The molecule has 19 heavy (non-hydrogen) atoms. The predicted molar refractivity (Wildman–Crippen MR) is 77.4 cm³/mol. The topological polar surface area (TPSA) is 57.9 Å². The molecule has 0 saturated heterocycles. The van der Waals surface area contributed by atoms with Crippen LogP contribution in [0.2, 0.25) is 0 Å². The molecule has 0 unspecified atom stereocenters. The summed E-state index contributed by atoms with van der Waals surface area (Å²) in [5.74, 6) is 0.837. The molecule has 0 aliphatic heterocycles. The van der Waals surface area contributed by atoms with Gasteiger partial charge in [0.15, 0.2) is 4.77 Å². The molecule has 0 aliphatic rings. The fraction of sp³-hybridized carbons (Fsp3) is 0.286. The lowest BCUT2D eigenvalue weighted by Crippen LogP contribution is -2.16. The van der Waals surface area contributed by atoms with Crippen LogP contribution in [0.3, 0.4) is 0 Å². The fourth-order valence-electron chi connectivity index (χ4n) is 1.91. The van der Waals surface area contributed by atoms with Gasteiger partial charge in [-0.25, -0.2) is 0 Å². The van der Waals surface area contributed by atoms with Crippen molar-refractivity contribution in [1.82, 2.24) is 9.97 Å². The van der Waals surface area contributed by atoms with E-state index in [0.29, 0.717) is 23.4 Å². The lowest BCUT2D eigenvalue weighted by atomic mass is 10.1. The zero-order chi connectivity index (χ0) is 13.8. The molecule has 4 nitrogen and oxygen atoms in total. The fourth-order valence-corrected chi connectivity index (χ4v) is 2.16. The number of nitrogens with one attached hydrogen (secondary N) is 2. The van der Waals surface area contributed by atoms with Crippen molar-refractivity contribution in [1.29, 1.82) is 0 Å². The second-order valence-electron chi connectivity index (χ2n) is 4.27. The average Bonchev–Trinajstić information content (AvgIpc) is 2.36. The Balaban J connectivity index is 2.26. The average molecular weight is 276 g/mol. The van der Waals surface area contributed by atoms with Gasteiger partial charge < -0.3 is 9.72 Å². The Labute approximate surface area is 116 Å². The van der Waals surface area contributed by atoms with Crippen LogP contribution in [0.15, 0.2) is 29.1 Å². The van der Waals surface area contributed by atoms with Gasteiger partial charge in [0.25, 0.3) is 5.56 Å². The van der Waals surface area contributed by atoms with Crippen LogP contribution in [-0.4, -0.2) is 16.6 Å². The minimum Gasteiger partial charge on any atom is -0.494 e. The highest BCUT2D eigenvalue weighted by Gasteiger charge is 2.06.